The lowest BCUT2D eigenvalue weighted by Crippen LogP contribution is -2.25. The van der Waals surface area contributed by atoms with Crippen molar-refractivity contribution in [3.05, 3.63) is 23.8 Å². The first-order chi connectivity index (χ1) is 7.84. The van der Waals surface area contributed by atoms with Crippen LogP contribution in [-0.4, -0.2) is 24.6 Å². The Labute approximate surface area is 108 Å². The van der Waals surface area contributed by atoms with Crippen molar-refractivity contribution >= 4 is 24.0 Å². The normalized spacial score (nSPS) is 10.7. The molecule has 0 aliphatic rings. The van der Waals surface area contributed by atoms with Crippen LogP contribution in [0, 0.1) is 0 Å². The summed E-state index contributed by atoms with van der Waals surface area (Å²) in [7, 11) is 1.52. The summed E-state index contributed by atoms with van der Waals surface area (Å²) in [6, 6.07) is 2.31. The Morgan fingerprint density at radius 1 is 1.39 bits per heavy atom. The van der Waals surface area contributed by atoms with Gasteiger partial charge in [0.05, 0.1) is 17.8 Å². The van der Waals surface area contributed by atoms with E-state index in [0.29, 0.717) is 6.07 Å². The van der Waals surface area contributed by atoms with Gasteiger partial charge in [-0.3, -0.25) is 4.79 Å². The third kappa shape index (κ3) is 4.42. The Kier molecular flexibility index (Phi) is 5.93. The molecule has 0 bridgehead atoms. The summed E-state index contributed by atoms with van der Waals surface area (Å²) >= 11 is 0. The van der Waals surface area contributed by atoms with Gasteiger partial charge in [-0.15, -0.1) is 12.4 Å². The van der Waals surface area contributed by atoms with Crippen LogP contribution in [0.15, 0.2) is 18.2 Å². The van der Waals surface area contributed by atoms with E-state index < -0.39 is 23.4 Å². The Morgan fingerprint density at radius 2 is 2.00 bits per heavy atom. The van der Waals surface area contributed by atoms with Crippen molar-refractivity contribution in [3.63, 3.8) is 0 Å². The molecule has 8 heteroatoms. The second-order valence-corrected chi connectivity index (χ2v) is 3.31. The molecule has 0 atom stereocenters. The number of hydrogen-bond acceptors (Lipinski definition) is 3. The molecule has 0 fully saturated rings. The first-order valence-corrected chi connectivity index (χ1v) is 4.69. The van der Waals surface area contributed by atoms with Crippen LogP contribution in [0.25, 0.3) is 0 Å². The number of rotatable bonds is 3. The largest absolute Gasteiger partial charge is 0.506 e. The number of likely N-dealkylation sites (N-methyl/N-ethyl adjacent to an activating group) is 1. The van der Waals surface area contributed by atoms with Crippen LogP contribution in [0.4, 0.5) is 18.9 Å². The van der Waals surface area contributed by atoms with Gasteiger partial charge in [0.15, 0.2) is 0 Å². The van der Waals surface area contributed by atoms with Gasteiger partial charge in [-0.05, 0) is 25.2 Å². The maximum atomic E-state index is 12.4. The topological polar surface area (TPSA) is 61.4 Å². The number of nitrogens with one attached hydrogen (secondary N) is 2. The number of phenols is 1. The van der Waals surface area contributed by atoms with Crippen LogP contribution < -0.4 is 10.6 Å². The predicted octanol–water partition coefficient (Wildman–Crippen LogP) is 1.99. The molecule has 1 amide bonds. The van der Waals surface area contributed by atoms with Crippen molar-refractivity contribution < 1.29 is 23.1 Å². The molecule has 0 aliphatic heterocycles. The highest BCUT2D eigenvalue weighted by atomic mass is 35.5. The first kappa shape index (κ1) is 16.5. The van der Waals surface area contributed by atoms with E-state index in [9.17, 15) is 23.1 Å². The summed E-state index contributed by atoms with van der Waals surface area (Å²) in [5.74, 6) is -0.954. The molecule has 0 spiro atoms. The van der Waals surface area contributed by atoms with Crippen LogP contribution in [0.5, 0.6) is 5.75 Å². The molecule has 102 valence electrons. The summed E-state index contributed by atoms with van der Waals surface area (Å²) in [6.07, 6.45) is -4.52. The number of aromatic hydroxyl groups is 1. The van der Waals surface area contributed by atoms with E-state index in [4.69, 9.17) is 0 Å². The highest BCUT2D eigenvalue weighted by molar-refractivity contribution is 5.93. The zero-order valence-electron chi connectivity index (χ0n) is 9.34. The van der Waals surface area contributed by atoms with E-state index in [1.807, 2.05) is 0 Å². The van der Waals surface area contributed by atoms with Crippen LogP contribution >= 0.6 is 12.4 Å². The fourth-order valence-electron chi connectivity index (χ4n) is 1.17. The van der Waals surface area contributed by atoms with Crippen LogP contribution in [-0.2, 0) is 11.0 Å². The molecule has 0 saturated heterocycles. The van der Waals surface area contributed by atoms with Crippen molar-refractivity contribution in [2.75, 3.05) is 18.9 Å². The van der Waals surface area contributed by atoms with Crippen molar-refractivity contribution in [1.82, 2.24) is 5.32 Å². The smallest absolute Gasteiger partial charge is 0.416 e. The minimum atomic E-state index is -4.52. The molecular formula is C10H12ClF3N2O2. The molecule has 1 aromatic carbocycles. The van der Waals surface area contributed by atoms with Crippen molar-refractivity contribution in [2.24, 2.45) is 0 Å². The molecule has 0 heterocycles. The van der Waals surface area contributed by atoms with E-state index >= 15 is 0 Å². The zero-order valence-corrected chi connectivity index (χ0v) is 10.2. The molecule has 4 nitrogen and oxygen atoms in total. The molecule has 0 saturated carbocycles. The molecule has 0 unspecified atom stereocenters. The van der Waals surface area contributed by atoms with E-state index in [1.54, 1.807) is 0 Å². The maximum absolute atomic E-state index is 12.4. The average molecular weight is 285 g/mol. The lowest BCUT2D eigenvalue weighted by atomic mass is 10.2. The number of anilines is 1. The molecule has 1 aromatic rings. The number of amides is 1. The van der Waals surface area contributed by atoms with Gasteiger partial charge in [0.1, 0.15) is 5.75 Å². The molecule has 18 heavy (non-hydrogen) atoms. The standard InChI is InChI=1S/C10H11F3N2O2.ClH/c1-14-5-9(17)15-7-4-6(10(11,12)13)2-3-8(7)16;/h2-4,14,16H,5H2,1H3,(H,15,17);1H. The number of phenolic OH excluding ortho intramolecular Hbond substituents is 1. The van der Waals surface area contributed by atoms with Gasteiger partial charge >= 0.3 is 6.18 Å². The number of halogens is 4. The number of hydrogen-bond donors (Lipinski definition) is 3. The monoisotopic (exact) mass is 284 g/mol. The summed E-state index contributed by atoms with van der Waals surface area (Å²) in [4.78, 5) is 11.2. The highest BCUT2D eigenvalue weighted by Crippen LogP contribution is 2.34. The lowest BCUT2D eigenvalue weighted by molar-refractivity contribution is -0.137. The second kappa shape index (κ2) is 6.46. The van der Waals surface area contributed by atoms with Gasteiger partial charge in [-0.1, -0.05) is 0 Å². The van der Waals surface area contributed by atoms with Gasteiger partial charge < -0.3 is 15.7 Å². The van der Waals surface area contributed by atoms with Crippen LogP contribution in [0.3, 0.4) is 0 Å². The van der Waals surface area contributed by atoms with Gasteiger partial charge in [0.25, 0.3) is 0 Å². The zero-order chi connectivity index (χ0) is 13.1. The maximum Gasteiger partial charge on any atom is 0.416 e. The second-order valence-electron chi connectivity index (χ2n) is 3.31. The number of carbonyl (C=O) groups excluding carboxylic acids is 1. The summed E-state index contributed by atoms with van der Waals surface area (Å²) in [5.41, 5.74) is -1.20. The van der Waals surface area contributed by atoms with Gasteiger partial charge in [-0.2, -0.15) is 13.2 Å². The van der Waals surface area contributed by atoms with Crippen LogP contribution in [0.2, 0.25) is 0 Å². The first-order valence-electron chi connectivity index (χ1n) is 4.69. The quantitative estimate of drug-likeness (QED) is 0.744. The lowest BCUT2D eigenvalue weighted by Gasteiger charge is -2.11. The number of alkyl halides is 3. The molecular weight excluding hydrogens is 273 g/mol. The summed E-state index contributed by atoms with van der Waals surface area (Å²) < 4.78 is 37.1. The third-order valence-electron chi connectivity index (χ3n) is 1.94. The fourth-order valence-corrected chi connectivity index (χ4v) is 1.17. The van der Waals surface area contributed by atoms with Gasteiger partial charge in [0, 0.05) is 0 Å². The van der Waals surface area contributed by atoms with Crippen LogP contribution in [0.1, 0.15) is 5.56 Å². The Morgan fingerprint density at radius 3 is 2.50 bits per heavy atom. The fraction of sp³-hybridized carbons (Fsp3) is 0.300. The van der Waals surface area contributed by atoms with Gasteiger partial charge in [0.2, 0.25) is 5.91 Å². The number of benzene rings is 1. The van der Waals surface area contributed by atoms with E-state index in [1.165, 1.54) is 7.05 Å². The molecule has 1 rings (SSSR count). The van der Waals surface area contributed by atoms with Crippen molar-refractivity contribution in [3.8, 4) is 5.75 Å². The van der Waals surface area contributed by atoms with E-state index in [0.717, 1.165) is 12.1 Å². The Hall–Kier alpha value is -1.47. The average Bonchev–Trinajstić information content (AvgIpc) is 2.20. The molecule has 0 aromatic heterocycles. The van der Waals surface area contributed by atoms with E-state index in [-0.39, 0.29) is 24.6 Å². The minimum absolute atomic E-state index is 0. The summed E-state index contributed by atoms with van der Waals surface area (Å²) in [6.45, 7) is -0.0598. The summed E-state index contributed by atoms with van der Waals surface area (Å²) in [5, 5.41) is 14.0. The Balaban J connectivity index is 0.00000289. The SMILES string of the molecule is CNCC(=O)Nc1cc(C(F)(F)F)ccc1O.Cl. The highest BCUT2D eigenvalue weighted by Gasteiger charge is 2.31. The molecule has 0 aliphatic carbocycles. The van der Waals surface area contributed by atoms with E-state index in [2.05, 4.69) is 10.6 Å². The Bertz CT molecular complexity index is 424. The molecule has 3 N–H and O–H groups in total. The minimum Gasteiger partial charge on any atom is -0.506 e. The molecule has 0 radical (unpaired) electrons. The van der Waals surface area contributed by atoms with Gasteiger partial charge in [-0.25, -0.2) is 0 Å². The number of carbonyl (C=O) groups is 1. The van der Waals surface area contributed by atoms with Crippen molar-refractivity contribution in [2.45, 2.75) is 6.18 Å². The van der Waals surface area contributed by atoms with Crippen molar-refractivity contribution in [1.29, 1.82) is 0 Å². The predicted molar refractivity (Wildman–Crippen MR) is 62.9 cm³/mol. The third-order valence-corrected chi connectivity index (χ3v) is 1.94.